The topological polar surface area (TPSA) is 49.3 Å². The summed E-state index contributed by atoms with van der Waals surface area (Å²) in [6.45, 7) is 3.49. The number of hydrogen-bond donors (Lipinski definition) is 2. The molecule has 2 unspecified atom stereocenters. The summed E-state index contributed by atoms with van der Waals surface area (Å²) in [5.41, 5.74) is 0.633. The number of amides is 1. The lowest BCUT2D eigenvalue weighted by molar-refractivity contribution is -0.117. The highest BCUT2D eigenvalue weighted by Gasteiger charge is 2.07. The van der Waals surface area contributed by atoms with Gasteiger partial charge in [-0.05, 0) is 44.0 Å². The minimum absolute atomic E-state index is 0.102. The Morgan fingerprint density at radius 1 is 1.50 bits per heavy atom. The molecule has 1 amide bonds. The van der Waals surface area contributed by atoms with Gasteiger partial charge in [0.1, 0.15) is 5.82 Å². The van der Waals surface area contributed by atoms with E-state index in [1.807, 2.05) is 6.92 Å². The van der Waals surface area contributed by atoms with Crippen LogP contribution in [0.3, 0.4) is 0 Å². The monoisotopic (exact) mass is 251 g/mol. The minimum Gasteiger partial charge on any atom is -0.393 e. The third-order valence-electron chi connectivity index (χ3n) is 2.36. The molecular formula is C14H18FNO2. The summed E-state index contributed by atoms with van der Waals surface area (Å²) in [5.74, 6) is -0.590. The van der Waals surface area contributed by atoms with Crippen LogP contribution in [0.15, 0.2) is 30.3 Å². The highest BCUT2D eigenvalue weighted by atomic mass is 19.1. The molecule has 0 aromatic heterocycles. The Balaban J connectivity index is 2.49. The first kappa shape index (κ1) is 14.4. The number of nitrogens with one attached hydrogen (secondary N) is 1. The SMILES string of the molecule is CC(O)CC(C)NC(=O)/C=C/c1cccc(F)c1. The first-order chi connectivity index (χ1) is 8.47. The van der Waals surface area contributed by atoms with Gasteiger partial charge in [0.15, 0.2) is 0 Å². The van der Waals surface area contributed by atoms with Crippen LogP contribution in [0.25, 0.3) is 6.08 Å². The van der Waals surface area contributed by atoms with Gasteiger partial charge in [-0.2, -0.15) is 0 Å². The molecule has 1 rings (SSSR count). The van der Waals surface area contributed by atoms with Gasteiger partial charge in [0.25, 0.3) is 0 Å². The average Bonchev–Trinajstić information content (AvgIpc) is 2.25. The smallest absolute Gasteiger partial charge is 0.244 e. The van der Waals surface area contributed by atoms with Crippen molar-refractivity contribution < 1.29 is 14.3 Å². The maximum atomic E-state index is 12.9. The summed E-state index contributed by atoms with van der Waals surface area (Å²) in [6.07, 6.45) is 2.95. The van der Waals surface area contributed by atoms with E-state index in [2.05, 4.69) is 5.32 Å². The molecule has 0 bridgehead atoms. The summed E-state index contributed by atoms with van der Waals surface area (Å²) in [7, 11) is 0. The predicted octanol–water partition coefficient (Wildman–Crippen LogP) is 2.11. The first-order valence-corrected chi connectivity index (χ1v) is 5.89. The molecule has 2 atom stereocenters. The second kappa shape index (κ2) is 6.91. The molecule has 0 aliphatic heterocycles. The van der Waals surface area contributed by atoms with Gasteiger partial charge in [0, 0.05) is 12.1 Å². The molecule has 0 saturated heterocycles. The molecule has 0 fully saturated rings. The third-order valence-corrected chi connectivity index (χ3v) is 2.36. The van der Waals surface area contributed by atoms with Crippen LogP contribution in [0.2, 0.25) is 0 Å². The quantitative estimate of drug-likeness (QED) is 0.787. The summed E-state index contributed by atoms with van der Waals surface area (Å²) < 4.78 is 12.9. The number of aliphatic hydroxyl groups excluding tert-OH is 1. The Labute approximate surface area is 106 Å². The van der Waals surface area contributed by atoms with Crippen LogP contribution < -0.4 is 5.32 Å². The van der Waals surface area contributed by atoms with E-state index in [0.29, 0.717) is 12.0 Å². The molecule has 0 saturated carbocycles. The zero-order valence-corrected chi connectivity index (χ0v) is 10.6. The predicted molar refractivity (Wildman–Crippen MR) is 69.3 cm³/mol. The summed E-state index contributed by atoms with van der Waals surface area (Å²) in [4.78, 5) is 11.5. The fraction of sp³-hybridized carbons (Fsp3) is 0.357. The molecule has 0 aliphatic carbocycles. The van der Waals surface area contributed by atoms with Crippen LogP contribution in [0.5, 0.6) is 0 Å². The van der Waals surface area contributed by atoms with Gasteiger partial charge in [0.05, 0.1) is 6.10 Å². The van der Waals surface area contributed by atoms with Gasteiger partial charge >= 0.3 is 0 Å². The molecule has 0 aliphatic rings. The molecule has 98 valence electrons. The zero-order chi connectivity index (χ0) is 13.5. The van der Waals surface area contributed by atoms with E-state index in [9.17, 15) is 9.18 Å². The molecule has 2 N–H and O–H groups in total. The second-order valence-electron chi connectivity index (χ2n) is 4.38. The molecule has 1 aromatic carbocycles. The van der Waals surface area contributed by atoms with E-state index in [1.165, 1.54) is 18.2 Å². The van der Waals surface area contributed by atoms with Gasteiger partial charge in [0.2, 0.25) is 5.91 Å². The Bertz CT molecular complexity index is 430. The zero-order valence-electron chi connectivity index (χ0n) is 10.6. The number of carbonyl (C=O) groups excluding carboxylic acids is 1. The van der Waals surface area contributed by atoms with Gasteiger partial charge in [-0.25, -0.2) is 4.39 Å². The van der Waals surface area contributed by atoms with Crippen LogP contribution in [0.4, 0.5) is 4.39 Å². The van der Waals surface area contributed by atoms with Gasteiger partial charge in [-0.3, -0.25) is 4.79 Å². The summed E-state index contributed by atoms with van der Waals surface area (Å²) in [5, 5.41) is 11.9. The van der Waals surface area contributed by atoms with Crippen molar-refractivity contribution in [2.24, 2.45) is 0 Å². The van der Waals surface area contributed by atoms with Crippen LogP contribution in [-0.2, 0) is 4.79 Å². The molecule has 4 heteroatoms. The van der Waals surface area contributed by atoms with E-state index in [0.717, 1.165) is 0 Å². The molecule has 0 heterocycles. The molecule has 0 spiro atoms. The molecule has 1 aromatic rings. The van der Waals surface area contributed by atoms with E-state index >= 15 is 0 Å². The standard InChI is InChI=1S/C14H18FNO2/c1-10(8-11(2)17)16-14(18)7-6-12-4-3-5-13(15)9-12/h3-7,9-11,17H,8H2,1-2H3,(H,16,18)/b7-6+. The van der Waals surface area contributed by atoms with E-state index < -0.39 is 6.10 Å². The maximum Gasteiger partial charge on any atom is 0.244 e. The van der Waals surface area contributed by atoms with Crippen LogP contribution in [-0.4, -0.2) is 23.2 Å². The van der Waals surface area contributed by atoms with Crippen LogP contribution >= 0.6 is 0 Å². The van der Waals surface area contributed by atoms with Crippen molar-refractivity contribution in [3.8, 4) is 0 Å². The lowest BCUT2D eigenvalue weighted by Crippen LogP contribution is -2.33. The Morgan fingerprint density at radius 2 is 2.22 bits per heavy atom. The van der Waals surface area contributed by atoms with Crippen molar-refractivity contribution in [1.82, 2.24) is 5.32 Å². The largest absolute Gasteiger partial charge is 0.393 e. The fourth-order valence-electron chi connectivity index (χ4n) is 1.64. The number of benzene rings is 1. The van der Waals surface area contributed by atoms with Gasteiger partial charge in [-0.1, -0.05) is 12.1 Å². The van der Waals surface area contributed by atoms with Crippen molar-refractivity contribution in [3.05, 3.63) is 41.7 Å². The van der Waals surface area contributed by atoms with E-state index in [1.54, 1.807) is 25.1 Å². The third kappa shape index (κ3) is 5.59. The molecule has 0 radical (unpaired) electrons. The van der Waals surface area contributed by atoms with E-state index in [-0.39, 0.29) is 17.8 Å². The fourth-order valence-corrected chi connectivity index (χ4v) is 1.64. The average molecular weight is 251 g/mol. The summed E-state index contributed by atoms with van der Waals surface area (Å²) >= 11 is 0. The normalized spacial score (nSPS) is 14.4. The Hall–Kier alpha value is -1.68. The van der Waals surface area contributed by atoms with Crippen molar-refractivity contribution in [2.75, 3.05) is 0 Å². The minimum atomic E-state index is -0.451. The van der Waals surface area contributed by atoms with Crippen molar-refractivity contribution >= 4 is 12.0 Å². The number of carbonyl (C=O) groups is 1. The first-order valence-electron chi connectivity index (χ1n) is 5.89. The highest BCUT2D eigenvalue weighted by molar-refractivity contribution is 5.91. The van der Waals surface area contributed by atoms with Gasteiger partial charge < -0.3 is 10.4 Å². The van der Waals surface area contributed by atoms with Crippen molar-refractivity contribution in [2.45, 2.75) is 32.4 Å². The van der Waals surface area contributed by atoms with Crippen molar-refractivity contribution in [1.29, 1.82) is 0 Å². The van der Waals surface area contributed by atoms with Gasteiger partial charge in [-0.15, -0.1) is 0 Å². The summed E-state index contributed by atoms with van der Waals surface area (Å²) in [6, 6.07) is 5.90. The highest BCUT2D eigenvalue weighted by Crippen LogP contribution is 2.05. The number of halogens is 1. The lowest BCUT2D eigenvalue weighted by atomic mass is 10.1. The van der Waals surface area contributed by atoms with Crippen molar-refractivity contribution in [3.63, 3.8) is 0 Å². The number of aliphatic hydroxyl groups is 1. The Morgan fingerprint density at radius 3 is 2.83 bits per heavy atom. The molecule has 18 heavy (non-hydrogen) atoms. The number of rotatable bonds is 5. The number of hydrogen-bond acceptors (Lipinski definition) is 2. The van der Waals surface area contributed by atoms with Crippen LogP contribution in [0, 0.1) is 5.82 Å². The lowest BCUT2D eigenvalue weighted by Gasteiger charge is -2.13. The molecule has 3 nitrogen and oxygen atoms in total. The molecular weight excluding hydrogens is 233 g/mol. The maximum absolute atomic E-state index is 12.9. The van der Waals surface area contributed by atoms with E-state index in [4.69, 9.17) is 5.11 Å². The van der Waals surface area contributed by atoms with Crippen LogP contribution in [0.1, 0.15) is 25.8 Å². The second-order valence-corrected chi connectivity index (χ2v) is 4.38. The Kier molecular flexibility index (Phi) is 5.52.